The van der Waals surface area contributed by atoms with E-state index in [9.17, 15) is 0 Å². The maximum atomic E-state index is 6.59. The molecule has 0 radical (unpaired) electrons. The second kappa shape index (κ2) is 14.3. The Kier molecular flexibility index (Phi) is 8.06. The molecule has 3 heterocycles. The summed E-state index contributed by atoms with van der Waals surface area (Å²) >= 11 is 0. The predicted molar refractivity (Wildman–Crippen MR) is 259 cm³/mol. The van der Waals surface area contributed by atoms with Gasteiger partial charge in [0, 0.05) is 33.5 Å². The van der Waals surface area contributed by atoms with Crippen molar-refractivity contribution in [2.24, 2.45) is 0 Å². The van der Waals surface area contributed by atoms with Crippen molar-refractivity contribution < 1.29 is 4.42 Å². The molecular weight excluding hydrogens is 781 g/mol. The SMILES string of the molecule is c1ccc(C2(c3ccccc3)c3ccccc3-c3ccc(-c4nc(-c5ccc6ccc(-c7ccc8ncccc8c7)cc6c5)nc(-c5cccc6c5oc5ccccc56)n4)cc32)cc1. The van der Waals surface area contributed by atoms with Crippen molar-refractivity contribution in [3.05, 3.63) is 241 Å². The molecule has 1 aliphatic carbocycles. The summed E-state index contributed by atoms with van der Waals surface area (Å²) in [4.78, 5) is 20.5. The van der Waals surface area contributed by atoms with Gasteiger partial charge in [-0.3, -0.25) is 4.98 Å². The average Bonchev–Trinajstić information content (AvgIpc) is 3.90. The standard InChI is InChI=1S/C59H36N4O/c1-3-14-44(15-4-1)59(45-16-5-2-6-17-45)51-22-9-7-18-46(51)47-30-28-42(36-52(47)59)57-61-56(62-58(63-57)50-21-11-20-49-48-19-8-10-23-54(48)64-55(49)50)41-27-25-37-24-26-38(34-43(37)35-41)39-29-31-53-40(33-39)13-12-32-60-53/h1-36H. The van der Waals surface area contributed by atoms with Gasteiger partial charge in [0.15, 0.2) is 17.5 Å². The number of hydrogen-bond acceptors (Lipinski definition) is 5. The van der Waals surface area contributed by atoms with Crippen LogP contribution >= 0.6 is 0 Å². The minimum absolute atomic E-state index is 0.546. The summed E-state index contributed by atoms with van der Waals surface area (Å²) in [5, 5.41) is 5.41. The number of para-hydroxylation sites is 2. The van der Waals surface area contributed by atoms with E-state index in [1.165, 1.54) is 33.4 Å². The van der Waals surface area contributed by atoms with Crippen molar-refractivity contribution in [2.45, 2.75) is 5.41 Å². The normalized spacial score (nSPS) is 12.8. The highest BCUT2D eigenvalue weighted by Crippen LogP contribution is 2.56. The lowest BCUT2D eigenvalue weighted by Gasteiger charge is -2.34. The number of rotatable bonds is 6. The summed E-state index contributed by atoms with van der Waals surface area (Å²) < 4.78 is 6.59. The van der Waals surface area contributed by atoms with Gasteiger partial charge in [-0.2, -0.15) is 0 Å². The van der Waals surface area contributed by atoms with Gasteiger partial charge < -0.3 is 4.42 Å². The second-order valence-corrected chi connectivity index (χ2v) is 16.6. The van der Waals surface area contributed by atoms with Crippen LogP contribution in [-0.2, 0) is 5.41 Å². The van der Waals surface area contributed by atoms with Crippen LogP contribution in [0.15, 0.2) is 223 Å². The molecule has 5 heteroatoms. The Balaban J connectivity index is 1.03. The van der Waals surface area contributed by atoms with Crippen LogP contribution in [0.5, 0.6) is 0 Å². The molecule has 0 spiro atoms. The molecule has 13 rings (SSSR count). The zero-order valence-electron chi connectivity index (χ0n) is 34.5. The molecule has 0 aliphatic heterocycles. The van der Waals surface area contributed by atoms with Gasteiger partial charge in [0.2, 0.25) is 0 Å². The van der Waals surface area contributed by atoms with Gasteiger partial charge in [0.05, 0.1) is 16.5 Å². The Morgan fingerprint density at radius 2 is 0.953 bits per heavy atom. The number of hydrogen-bond donors (Lipinski definition) is 0. The molecule has 0 saturated heterocycles. The first-order valence-electron chi connectivity index (χ1n) is 21.6. The van der Waals surface area contributed by atoms with Gasteiger partial charge >= 0.3 is 0 Å². The Morgan fingerprint density at radius 1 is 0.359 bits per heavy atom. The maximum Gasteiger partial charge on any atom is 0.167 e. The van der Waals surface area contributed by atoms with Crippen LogP contribution < -0.4 is 0 Å². The van der Waals surface area contributed by atoms with Crippen molar-refractivity contribution in [1.29, 1.82) is 0 Å². The highest BCUT2D eigenvalue weighted by Gasteiger charge is 2.46. The summed E-state index contributed by atoms with van der Waals surface area (Å²) in [6, 6.07) is 75.3. The molecule has 298 valence electrons. The minimum atomic E-state index is -0.569. The average molecular weight is 817 g/mol. The van der Waals surface area contributed by atoms with Crippen LogP contribution in [0.4, 0.5) is 0 Å². The third-order valence-electron chi connectivity index (χ3n) is 13.0. The number of nitrogens with zero attached hydrogens (tertiary/aromatic N) is 4. The Hall–Kier alpha value is -8.54. The number of pyridine rings is 1. The lowest BCUT2D eigenvalue weighted by molar-refractivity contribution is 0.669. The van der Waals surface area contributed by atoms with E-state index in [0.717, 1.165) is 71.4 Å². The van der Waals surface area contributed by atoms with Crippen LogP contribution in [0.1, 0.15) is 22.3 Å². The predicted octanol–water partition coefficient (Wildman–Crippen LogP) is 14.5. The quantitative estimate of drug-likeness (QED) is 0.167. The minimum Gasteiger partial charge on any atom is -0.455 e. The lowest BCUT2D eigenvalue weighted by Crippen LogP contribution is -2.28. The van der Waals surface area contributed by atoms with Crippen molar-refractivity contribution in [1.82, 2.24) is 19.9 Å². The molecule has 3 aromatic heterocycles. The van der Waals surface area contributed by atoms with Gasteiger partial charge in [-0.1, -0.05) is 164 Å². The van der Waals surface area contributed by atoms with E-state index in [4.69, 9.17) is 19.4 Å². The van der Waals surface area contributed by atoms with Gasteiger partial charge in [-0.25, -0.2) is 15.0 Å². The summed E-state index contributed by atoms with van der Waals surface area (Å²) in [6.45, 7) is 0. The van der Waals surface area contributed by atoms with Crippen LogP contribution in [0.2, 0.25) is 0 Å². The van der Waals surface area contributed by atoms with Crippen LogP contribution in [-0.4, -0.2) is 19.9 Å². The van der Waals surface area contributed by atoms with Crippen molar-refractivity contribution in [2.75, 3.05) is 0 Å². The van der Waals surface area contributed by atoms with Crippen molar-refractivity contribution in [3.8, 4) is 56.4 Å². The van der Waals surface area contributed by atoms with Crippen molar-refractivity contribution in [3.63, 3.8) is 0 Å². The van der Waals surface area contributed by atoms with Crippen molar-refractivity contribution >= 4 is 43.6 Å². The van der Waals surface area contributed by atoms with E-state index in [1.807, 2.05) is 30.5 Å². The highest BCUT2D eigenvalue weighted by atomic mass is 16.3. The summed E-state index contributed by atoms with van der Waals surface area (Å²) in [5.74, 6) is 1.71. The Morgan fingerprint density at radius 3 is 1.77 bits per heavy atom. The van der Waals surface area contributed by atoms with E-state index in [1.54, 1.807) is 0 Å². The first-order chi connectivity index (χ1) is 31.7. The molecule has 0 amide bonds. The third kappa shape index (κ3) is 5.57. The number of benzene rings is 9. The maximum absolute atomic E-state index is 6.59. The Labute approximate surface area is 369 Å². The van der Waals surface area contributed by atoms with Crippen LogP contribution in [0, 0.1) is 0 Å². The molecule has 9 aromatic carbocycles. The molecule has 0 atom stereocenters. The monoisotopic (exact) mass is 816 g/mol. The fraction of sp³-hybridized carbons (Fsp3) is 0.0169. The molecular formula is C59H36N4O. The zero-order valence-corrected chi connectivity index (χ0v) is 34.5. The first-order valence-corrected chi connectivity index (χ1v) is 21.6. The number of aromatic nitrogens is 4. The smallest absolute Gasteiger partial charge is 0.167 e. The van der Waals surface area contributed by atoms with E-state index in [0.29, 0.717) is 17.5 Å². The van der Waals surface area contributed by atoms with E-state index in [2.05, 4.69) is 193 Å². The molecule has 0 bridgehead atoms. The summed E-state index contributed by atoms with van der Waals surface area (Å²) in [6.07, 6.45) is 1.83. The molecule has 12 aromatic rings. The van der Waals surface area contributed by atoms with Crippen LogP contribution in [0.25, 0.3) is 100 Å². The molecule has 1 aliphatic rings. The molecule has 0 unspecified atom stereocenters. The van der Waals surface area contributed by atoms with Gasteiger partial charge in [0.25, 0.3) is 0 Å². The van der Waals surface area contributed by atoms with Crippen LogP contribution in [0.3, 0.4) is 0 Å². The van der Waals surface area contributed by atoms with Gasteiger partial charge in [-0.15, -0.1) is 0 Å². The first kappa shape index (κ1) is 36.1. The number of fused-ring (bicyclic) bond motifs is 8. The fourth-order valence-corrected chi connectivity index (χ4v) is 10.1. The van der Waals surface area contributed by atoms with E-state index < -0.39 is 5.41 Å². The molecule has 0 saturated carbocycles. The molecule has 0 N–H and O–H groups in total. The van der Waals surface area contributed by atoms with Gasteiger partial charge in [0.1, 0.15) is 11.2 Å². The molecule has 0 fully saturated rings. The van der Waals surface area contributed by atoms with E-state index in [-0.39, 0.29) is 0 Å². The number of furan rings is 1. The summed E-state index contributed by atoms with van der Waals surface area (Å²) in [5.41, 5.74) is 14.1. The summed E-state index contributed by atoms with van der Waals surface area (Å²) in [7, 11) is 0. The molecule has 64 heavy (non-hydrogen) atoms. The second-order valence-electron chi connectivity index (χ2n) is 16.6. The largest absolute Gasteiger partial charge is 0.455 e. The highest BCUT2D eigenvalue weighted by molar-refractivity contribution is 6.09. The lowest BCUT2D eigenvalue weighted by atomic mass is 9.67. The zero-order chi connectivity index (χ0) is 42.2. The van der Waals surface area contributed by atoms with Gasteiger partial charge in [-0.05, 0) is 104 Å². The topological polar surface area (TPSA) is 64.7 Å². The Bertz CT molecular complexity index is 3760. The fourth-order valence-electron chi connectivity index (χ4n) is 10.1. The third-order valence-corrected chi connectivity index (χ3v) is 13.0. The van der Waals surface area contributed by atoms with E-state index >= 15 is 0 Å². The molecule has 5 nitrogen and oxygen atoms in total.